The molecule has 0 radical (unpaired) electrons. The van der Waals surface area contributed by atoms with E-state index in [2.05, 4.69) is 27.8 Å². The van der Waals surface area contributed by atoms with Crippen LogP contribution in [-0.4, -0.2) is 73.8 Å². The minimum atomic E-state index is -0.147. The lowest BCUT2D eigenvalue weighted by Gasteiger charge is -2.18. The minimum Gasteiger partial charge on any atom is -0.357 e. The van der Waals surface area contributed by atoms with Crippen LogP contribution in [0.1, 0.15) is 19.8 Å². The third kappa shape index (κ3) is 3.84. The molecule has 0 aromatic rings. The highest BCUT2D eigenvalue weighted by Gasteiger charge is 2.58. The van der Waals surface area contributed by atoms with Crippen LogP contribution in [-0.2, 0) is 14.4 Å². The summed E-state index contributed by atoms with van der Waals surface area (Å²) in [7, 11) is 3.44. The van der Waals surface area contributed by atoms with E-state index in [9.17, 15) is 14.4 Å². The zero-order chi connectivity index (χ0) is 19.6. The lowest BCUT2D eigenvalue weighted by atomic mass is 9.85. The number of guanidine groups is 1. The van der Waals surface area contributed by atoms with Gasteiger partial charge in [-0.05, 0) is 25.2 Å². The van der Waals surface area contributed by atoms with Crippen LogP contribution in [0, 0.1) is 23.7 Å². The van der Waals surface area contributed by atoms with Gasteiger partial charge in [0.1, 0.15) is 0 Å². The maximum atomic E-state index is 12.7. The molecule has 3 aliphatic rings. The maximum Gasteiger partial charge on any atom is 0.233 e. The Morgan fingerprint density at radius 1 is 1.19 bits per heavy atom. The van der Waals surface area contributed by atoms with Crippen LogP contribution < -0.4 is 10.6 Å². The van der Waals surface area contributed by atoms with Crippen LogP contribution in [0.3, 0.4) is 0 Å². The van der Waals surface area contributed by atoms with Crippen LogP contribution in [0.25, 0.3) is 0 Å². The second-order valence-electron chi connectivity index (χ2n) is 7.55. The van der Waals surface area contributed by atoms with Crippen molar-refractivity contribution in [1.29, 1.82) is 0 Å². The predicted octanol–water partition coefficient (Wildman–Crippen LogP) is -0.173. The number of carbonyl (C=O) groups excluding carboxylic acids is 3. The molecular formula is C19H29N5O3. The smallest absolute Gasteiger partial charge is 0.233 e. The van der Waals surface area contributed by atoms with Crippen molar-refractivity contribution < 1.29 is 14.4 Å². The summed E-state index contributed by atoms with van der Waals surface area (Å²) in [6.07, 6.45) is 5.49. The summed E-state index contributed by atoms with van der Waals surface area (Å²) < 4.78 is 0. The number of carbonyl (C=O) groups is 3. The van der Waals surface area contributed by atoms with Gasteiger partial charge in [-0.2, -0.15) is 0 Å². The Morgan fingerprint density at radius 3 is 2.37 bits per heavy atom. The molecule has 148 valence electrons. The molecular weight excluding hydrogens is 346 g/mol. The first kappa shape index (κ1) is 19.4. The van der Waals surface area contributed by atoms with Crippen LogP contribution >= 0.6 is 0 Å². The summed E-state index contributed by atoms with van der Waals surface area (Å²) in [6, 6.07) is 0. The molecule has 1 saturated carbocycles. The monoisotopic (exact) mass is 375 g/mol. The lowest BCUT2D eigenvalue weighted by molar-refractivity contribution is -0.140. The van der Waals surface area contributed by atoms with Crippen molar-refractivity contribution in [3.63, 3.8) is 0 Å². The summed E-state index contributed by atoms with van der Waals surface area (Å²) >= 11 is 0. The Morgan fingerprint density at radius 2 is 1.81 bits per heavy atom. The topological polar surface area (TPSA) is 94.1 Å². The summed E-state index contributed by atoms with van der Waals surface area (Å²) in [4.78, 5) is 44.3. The van der Waals surface area contributed by atoms with Gasteiger partial charge in [0.2, 0.25) is 17.7 Å². The second-order valence-corrected chi connectivity index (χ2v) is 7.55. The fourth-order valence-corrected chi connectivity index (χ4v) is 4.30. The van der Waals surface area contributed by atoms with Gasteiger partial charge < -0.3 is 15.5 Å². The Labute approximate surface area is 160 Å². The Kier molecular flexibility index (Phi) is 5.82. The van der Waals surface area contributed by atoms with E-state index in [1.54, 1.807) is 19.0 Å². The van der Waals surface area contributed by atoms with Crippen molar-refractivity contribution >= 4 is 23.7 Å². The number of nitrogens with one attached hydrogen (secondary N) is 2. The molecule has 4 unspecified atom stereocenters. The van der Waals surface area contributed by atoms with E-state index in [0.717, 1.165) is 6.42 Å². The van der Waals surface area contributed by atoms with E-state index >= 15 is 0 Å². The molecule has 3 rings (SSSR count). The van der Waals surface area contributed by atoms with Crippen LogP contribution in [0.15, 0.2) is 17.1 Å². The molecule has 1 heterocycles. The van der Waals surface area contributed by atoms with E-state index in [4.69, 9.17) is 0 Å². The predicted molar refractivity (Wildman–Crippen MR) is 102 cm³/mol. The maximum absolute atomic E-state index is 12.7. The van der Waals surface area contributed by atoms with Gasteiger partial charge in [-0.15, -0.1) is 0 Å². The van der Waals surface area contributed by atoms with Gasteiger partial charge in [0.15, 0.2) is 5.96 Å². The first-order valence-electron chi connectivity index (χ1n) is 9.70. The third-order valence-corrected chi connectivity index (χ3v) is 5.63. The largest absolute Gasteiger partial charge is 0.357 e. The minimum absolute atomic E-state index is 0.0256. The molecule has 4 atom stereocenters. The zero-order valence-corrected chi connectivity index (χ0v) is 16.3. The molecule has 1 saturated heterocycles. The van der Waals surface area contributed by atoms with Gasteiger partial charge in [0, 0.05) is 40.2 Å². The van der Waals surface area contributed by atoms with E-state index in [1.807, 2.05) is 6.92 Å². The molecule has 8 heteroatoms. The van der Waals surface area contributed by atoms with Crippen molar-refractivity contribution in [3.05, 3.63) is 12.2 Å². The van der Waals surface area contributed by atoms with E-state index < -0.39 is 0 Å². The van der Waals surface area contributed by atoms with Gasteiger partial charge in [-0.25, -0.2) is 0 Å². The molecule has 3 amide bonds. The number of nitrogens with zero attached hydrogens (tertiary/aromatic N) is 3. The first-order chi connectivity index (χ1) is 12.9. The Hall–Kier alpha value is -2.38. The number of hydrogen-bond acceptors (Lipinski definition) is 4. The van der Waals surface area contributed by atoms with Gasteiger partial charge in [0.25, 0.3) is 0 Å². The van der Waals surface area contributed by atoms with Gasteiger partial charge in [-0.1, -0.05) is 12.2 Å². The number of rotatable bonds is 7. The Bertz CT molecular complexity index is 642. The molecule has 0 spiro atoms. The second kappa shape index (κ2) is 8.10. The first-order valence-corrected chi connectivity index (χ1v) is 9.70. The van der Waals surface area contributed by atoms with E-state index in [-0.39, 0.29) is 41.4 Å². The summed E-state index contributed by atoms with van der Waals surface area (Å²) in [5, 5.41) is 6.26. The number of fused-ring (bicyclic) bond motifs is 5. The SMILES string of the molecule is CCNC(=NCCC(=O)N(C)C)NCCN1C(=O)C2C3C=CC(C3)C2C1=O. The van der Waals surface area contributed by atoms with Gasteiger partial charge in [0.05, 0.1) is 18.4 Å². The number of aliphatic imine (C=N–C) groups is 1. The normalized spacial score (nSPS) is 28.7. The van der Waals surface area contributed by atoms with Crippen molar-refractivity contribution in [3.8, 4) is 0 Å². The summed E-state index contributed by atoms with van der Waals surface area (Å²) in [5.74, 6) is 0.745. The van der Waals surface area contributed by atoms with E-state index in [0.29, 0.717) is 38.6 Å². The van der Waals surface area contributed by atoms with Crippen molar-refractivity contribution in [2.24, 2.45) is 28.7 Å². The van der Waals surface area contributed by atoms with Gasteiger partial charge >= 0.3 is 0 Å². The molecule has 2 fully saturated rings. The molecule has 2 N–H and O–H groups in total. The number of amides is 3. The highest BCUT2D eigenvalue weighted by molar-refractivity contribution is 6.06. The van der Waals surface area contributed by atoms with Crippen LogP contribution in [0.4, 0.5) is 0 Å². The standard InChI is InChI=1S/C19H29N5O3/c1-4-20-19(21-8-7-14(25)23(2)3)22-9-10-24-17(26)15-12-5-6-13(11-12)16(15)18(24)27/h5-6,12-13,15-16H,4,7-11H2,1-3H3,(H2,20,21,22). The number of hydrogen-bond donors (Lipinski definition) is 2. The van der Waals surface area contributed by atoms with Crippen molar-refractivity contribution in [1.82, 2.24) is 20.4 Å². The van der Waals surface area contributed by atoms with Crippen molar-refractivity contribution in [2.75, 3.05) is 40.3 Å². The fraction of sp³-hybridized carbons (Fsp3) is 0.684. The van der Waals surface area contributed by atoms with Crippen molar-refractivity contribution in [2.45, 2.75) is 19.8 Å². The number of likely N-dealkylation sites (tertiary alicyclic amines) is 1. The third-order valence-electron chi connectivity index (χ3n) is 5.63. The lowest BCUT2D eigenvalue weighted by Crippen LogP contribution is -2.43. The molecule has 2 bridgehead atoms. The number of imide groups is 1. The molecule has 0 aromatic carbocycles. The number of allylic oxidation sites excluding steroid dienone is 2. The average Bonchev–Trinajstić information content (AvgIpc) is 3.30. The molecule has 2 aliphatic carbocycles. The van der Waals surface area contributed by atoms with Gasteiger partial charge in [-0.3, -0.25) is 24.3 Å². The Balaban J connectivity index is 1.49. The highest BCUT2D eigenvalue weighted by Crippen LogP contribution is 2.52. The molecule has 1 aliphatic heterocycles. The molecule has 8 nitrogen and oxygen atoms in total. The summed E-state index contributed by atoms with van der Waals surface area (Å²) in [5.41, 5.74) is 0. The average molecular weight is 375 g/mol. The molecule has 0 aromatic heterocycles. The molecule has 27 heavy (non-hydrogen) atoms. The highest BCUT2D eigenvalue weighted by atomic mass is 16.2. The summed E-state index contributed by atoms with van der Waals surface area (Å²) in [6.45, 7) is 3.80. The van der Waals surface area contributed by atoms with Crippen LogP contribution in [0.5, 0.6) is 0 Å². The van der Waals surface area contributed by atoms with Crippen LogP contribution in [0.2, 0.25) is 0 Å². The van der Waals surface area contributed by atoms with E-state index in [1.165, 1.54) is 4.90 Å². The zero-order valence-electron chi connectivity index (χ0n) is 16.3. The fourth-order valence-electron chi connectivity index (χ4n) is 4.30. The quantitative estimate of drug-likeness (QED) is 0.279.